The summed E-state index contributed by atoms with van der Waals surface area (Å²) in [6, 6.07) is 10.0. The van der Waals surface area contributed by atoms with E-state index >= 15 is 0 Å². The van der Waals surface area contributed by atoms with Gasteiger partial charge in [0, 0.05) is 11.5 Å². The predicted molar refractivity (Wildman–Crippen MR) is 109 cm³/mol. The third kappa shape index (κ3) is 3.41. The number of anilines is 1. The lowest BCUT2D eigenvalue weighted by atomic mass is 10.2. The average molecular weight is 387 g/mol. The van der Waals surface area contributed by atoms with Crippen molar-refractivity contribution < 1.29 is 9.53 Å². The van der Waals surface area contributed by atoms with Gasteiger partial charge in [0.15, 0.2) is 5.13 Å². The monoisotopic (exact) mass is 386 g/mol. The van der Waals surface area contributed by atoms with Crippen LogP contribution in [0.1, 0.15) is 39.9 Å². The highest BCUT2D eigenvalue weighted by molar-refractivity contribution is 7.22. The Kier molecular flexibility index (Phi) is 5.07. The number of aryl methyl sites for hydroxylation is 2. The van der Waals surface area contributed by atoms with Gasteiger partial charge >= 0.3 is 0 Å². The number of hydrogen-bond donors (Lipinski definition) is 0. The van der Waals surface area contributed by atoms with Crippen LogP contribution >= 0.6 is 22.7 Å². The first-order valence-electron chi connectivity index (χ1n) is 9.04. The number of nitrogens with zero attached hydrogens (tertiary/aromatic N) is 2. The van der Waals surface area contributed by atoms with E-state index in [1.165, 1.54) is 10.4 Å². The highest BCUT2D eigenvalue weighted by Gasteiger charge is 2.28. The SMILES string of the molecule is CCc1sc(C(=O)N(C[C@H]2CCCO2)c2nc3ccccc3s2)cc1C. The minimum Gasteiger partial charge on any atom is -0.376 e. The lowest BCUT2D eigenvalue weighted by Crippen LogP contribution is -2.37. The quantitative estimate of drug-likeness (QED) is 0.616. The fourth-order valence-electron chi connectivity index (χ4n) is 3.32. The van der Waals surface area contributed by atoms with Gasteiger partial charge in [-0.3, -0.25) is 9.69 Å². The summed E-state index contributed by atoms with van der Waals surface area (Å²) in [4.78, 5) is 21.9. The number of ether oxygens (including phenoxy) is 1. The Bertz CT molecular complexity index is 892. The summed E-state index contributed by atoms with van der Waals surface area (Å²) in [6.45, 7) is 5.56. The fraction of sp³-hybridized carbons (Fsp3) is 0.400. The molecule has 0 aliphatic carbocycles. The number of carbonyl (C=O) groups is 1. The molecule has 0 bridgehead atoms. The van der Waals surface area contributed by atoms with Gasteiger partial charge in [0.2, 0.25) is 0 Å². The molecule has 3 aromatic rings. The van der Waals surface area contributed by atoms with Crippen molar-refractivity contribution in [1.29, 1.82) is 0 Å². The molecule has 3 heterocycles. The van der Waals surface area contributed by atoms with Crippen LogP contribution in [0.2, 0.25) is 0 Å². The topological polar surface area (TPSA) is 42.4 Å². The van der Waals surface area contributed by atoms with Crippen molar-refractivity contribution >= 4 is 43.9 Å². The van der Waals surface area contributed by atoms with Crippen molar-refractivity contribution in [3.05, 3.63) is 45.6 Å². The number of rotatable bonds is 5. The number of thiazole rings is 1. The molecule has 0 saturated carbocycles. The van der Waals surface area contributed by atoms with E-state index in [4.69, 9.17) is 9.72 Å². The van der Waals surface area contributed by atoms with Crippen molar-refractivity contribution in [1.82, 2.24) is 4.98 Å². The van der Waals surface area contributed by atoms with Crippen LogP contribution in [0, 0.1) is 6.92 Å². The maximum absolute atomic E-state index is 13.3. The van der Waals surface area contributed by atoms with Crippen LogP contribution in [0.4, 0.5) is 5.13 Å². The van der Waals surface area contributed by atoms with Crippen molar-refractivity contribution in [3.63, 3.8) is 0 Å². The zero-order valence-electron chi connectivity index (χ0n) is 15.0. The Morgan fingerprint density at radius 2 is 2.19 bits per heavy atom. The molecule has 1 aliphatic rings. The van der Waals surface area contributed by atoms with E-state index in [2.05, 4.69) is 19.9 Å². The Labute approximate surface area is 161 Å². The van der Waals surface area contributed by atoms with Crippen molar-refractivity contribution in [2.24, 2.45) is 0 Å². The molecule has 4 nitrogen and oxygen atoms in total. The molecule has 26 heavy (non-hydrogen) atoms. The van der Waals surface area contributed by atoms with Gasteiger partial charge < -0.3 is 4.74 Å². The second-order valence-corrected chi connectivity index (χ2v) is 8.73. The number of amides is 1. The minimum absolute atomic E-state index is 0.0346. The van der Waals surface area contributed by atoms with Crippen LogP contribution < -0.4 is 4.90 Å². The van der Waals surface area contributed by atoms with E-state index in [1.54, 1.807) is 22.7 Å². The summed E-state index contributed by atoms with van der Waals surface area (Å²) in [5.74, 6) is 0.0346. The maximum atomic E-state index is 13.3. The van der Waals surface area contributed by atoms with Gasteiger partial charge in [-0.25, -0.2) is 4.98 Å². The van der Waals surface area contributed by atoms with Gasteiger partial charge in [-0.1, -0.05) is 30.4 Å². The maximum Gasteiger partial charge on any atom is 0.270 e. The second kappa shape index (κ2) is 7.47. The molecular weight excluding hydrogens is 364 g/mol. The molecule has 0 spiro atoms. The normalized spacial score (nSPS) is 17.1. The van der Waals surface area contributed by atoms with Gasteiger partial charge in [-0.2, -0.15) is 0 Å². The third-order valence-corrected chi connectivity index (χ3v) is 7.15. The van der Waals surface area contributed by atoms with Crippen molar-refractivity contribution in [2.45, 2.75) is 39.2 Å². The predicted octanol–water partition coefficient (Wildman–Crippen LogP) is 5.05. The molecule has 6 heteroatoms. The molecule has 1 saturated heterocycles. The Morgan fingerprint density at radius 3 is 2.88 bits per heavy atom. The molecule has 0 N–H and O–H groups in total. The Hall–Kier alpha value is -1.76. The first kappa shape index (κ1) is 17.6. The lowest BCUT2D eigenvalue weighted by molar-refractivity contribution is 0.0920. The molecule has 1 aliphatic heterocycles. The number of fused-ring (bicyclic) bond motifs is 1. The van der Waals surface area contributed by atoms with Gasteiger partial charge in [0.25, 0.3) is 5.91 Å². The number of aromatic nitrogens is 1. The zero-order chi connectivity index (χ0) is 18.1. The number of benzene rings is 1. The Morgan fingerprint density at radius 1 is 1.35 bits per heavy atom. The van der Waals surface area contributed by atoms with Crippen LogP contribution in [0.15, 0.2) is 30.3 Å². The molecule has 0 radical (unpaired) electrons. The van der Waals surface area contributed by atoms with Crippen LogP contribution in [-0.2, 0) is 11.2 Å². The number of carbonyl (C=O) groups excluding carboxylic acids is 1. The van der Waals surface area contributed by atoms with Gasteiger partial charge in [-0.15, -0.1) is 11.3 Å². The largest absolute Gasteiger partial charge is 0.376 e. The summed E-state index contributed by atoms with van der Waals surface area (Å²) >= 11 is 3.17. The summed E-state index contributed by atoms with van der Waals surface area (Å²) < 4.78 is 6.90. The van der Waals surface area contributed by atoms with E-state index in [9.17, 15) is 4.79 Å². The van der Waals surface area contributed by atoms with Gasteiger partial charge in [0.05, 0.1) is 27.7 Å². The summed E-state index contributed by atoms with van der Waals surface area (Å²) in [5, 5.41) is 0.760. The molecule has 1 fully saturated rings. The van der Waals surface area contributed by atoms with Crippen LogP contribution in [-0.4, -0.2) is 30.1 Å². The average Bonchev–Trinajstić information content (AvgIpc) is 3.38. The second-order valence-electron chi connectivity index (χ2n) is 6.59. The molecule has 4 rings (SSSR count). The smallest absolute Gasteiger partial charge is 0.270 e. The number of hydrogen-bond acceptors (Lipinski definition) is 5. The van der Waals surface area contributed by atoms with Crippen LogP contribution in [0.25, 0.3) is 10.2 Å². The van der Waals surface area contributed by atoms with Crippen molar-refractivity contribution in [3.8, 4) is 0 Å². The van der Waals surface area contributed by atoms with Gasteiger partial charge in [0.1, 0.15) is 0 Å². The molecular formula is C20H22N2O2S2. The first-order chi connectivity index (χ1) is 12.7. The van der Waals surface area contributed by atoms with E-state index in [1.807, 2.05) is 29.2 Å². The standard InChI is InChI=1S/C20H22N2O2S2/c1-3-16-13(2)11-18(25-16)19(23)22(12-14-7-6-10-24-14)20-21-15-8-4-5-9-17(15)26-20/h4-5,8-9,11,14H,3,6-7,10,12H2,1-2H3/t14-/m1/s1. The molecule has 1 atom stereocenters. The number of thiophene rings is 1. The third-order valence-electron chi connectivity index (χ3n) is 4.72. The Balaban J connectivity index is 1.70. The summed E-state index contributed by atoms with van der Waals surface area (Å²) in [5.41, 5.74) is 2.14. The summed E-state index contributed by atoms with van der Waals surface area (Å²) in [7, 11) is 0. The molecule has 1 aromatic carbocycles. The molecule has 1 amide bonds. The first-order valence-corrected chi connectivity index (χ1v) is 10.7. The molecule has 0 unspecified atom stereocenters. The van der Waals surface area contributed by atoms with Gasteiger partial charge in [-0.05, 0) is 49.9 Å². The van der Waals surface area contributed by atoms with E-state index < -0.39 is 0 Å². The van der Waals surface area contributed by atoms with Crippen molar-refractivity contribution in [2.75, 3.05) is 18.1 Å². The highest BCUT2D eigenvalue weighted by Crippen LogP contribution is 2.32. The van der Waals surface area contributed by atoms with E-state index in [0.29, 0.717) is 6.54 Å². The molecule has 136 valence electrons. The fourth-order valence-corrected chi connectivity index (χ4v) is 5.36. The molecule has 2 aromatic heterocycles. The highest BCUT2D eigenvalue weighted by atomic mass is 32.1. The zero-order valence-corrected chi connectivity index (χ0v) is 16.7. The van der Waals surface area contributed by atoms with E-state index in [-0.39, 0.29) is 12.0 Å². The minimum atomic E-state index is 0.0346. The van der Waals surface area contributed by atoms with Crippen LogP contribution in [0.3, 0.4) is 0 Å². The van der Waals surface area contributed by atoms with Crippen LogP contribution in [0.5, 0.6) is 0 Å². The van der Waals surface area contributed by atoms with E-state index in [0.717, 1.165) is 46.1 Å². The number of para-hydroxylation sites is 1. The lowest BCUT2D eigenvalue weighted by Gasteiger charge is -2.22. The summed E-state index contributed by atoms with van der Waals surface area (Å²) in [6.07, 6.45) is 3.11.